The van der Waals surface area contributed by atoms with Gasteiger partial charge in [0.25, 0.3) is 11.7 Å². The molecule has 2 aromatic carbocycles. The van der Waals surface area contributed by atoms with Crippen molar-refractivity contribution in [2.24, 2.45) is 0 Å². The van der Waals surface area contributed by atoms with Crippen molar-refractivity contribution in [3.8, 4) is 11.5 Å². The number of hydrogen-bond acceptors (Lipinski definition) is 6. The predicted octanol–water partition coefficient (Wildman–Crippen LogP) is 1.04. The highest BCUT2D eigenvalue weighted by molar-refractivity contribution is 6.46. The highest BCUT2D eigenvalue weighted by atomic mass is 16.5. The van der Waals surface area contributed by atoms with Gasteiger partial charge in [0.2, 0.25) is 0 Å². The van der Waals surface area contributed by atoms with E-state index in [1.807, 2.05) is 6.07 Å². The Hall–Kier alpha value is -3.36. The highest BCUT2D eigenvalue weighted by Gasteiger charge is 2.47. The molecule has 0 unspecified atom stereocenters. The third-order valence-electron chi connectivity index (χ3n) is 6.23. The van der Waals surface area contributed by atoms with Gasteiger partial charge in [0.05, 0.1) is 52.1 Å². The average Bonchev–Trinajstić information content (AvgIpc) is 3.12. The Bertz CT molecular complexity index is 1050. The maximum Gasteiger partial charge on any atom is 0.295 e. The molecule has 0 radical (unpaired) electrons. The molecular formula is C25H29N2O6+. The van der Waals surface area contributed by atoms with Gasteiger partial charge in [0.1, 0.15) is 30.3 Å². The molecule has 0 aromatic heterocycles. The van der Waals surface area contributed by atoms with Crippen LogP contribution in [0.5, 0.6) is 11.5 Å². The van der Waals surface area contributed by atoms with E-state index in [0.717, 1.165) is 13.1 Å². The minimum Gasteiger partial charge on any atom is -0.507 e. The number of nitrogens with zero attached hydrogens (tertiary/aromatic N) is 1. The zero-order chi connectivity index (χ0) is 23.4. The molecule has 2 heterocycles. The Labute approximate surface area is 193 Å². The summed E-state index contributed by atoms with van der Waals surface area (Å²) in [4.78, 5) is 29.2. The number of aliphatic hydroxyl groups excluding tert-OH is 1. The van der Waals surface area contributed by atoms with Crippen LogP contribution in [-0.4, -0.2) is 75.3 Å². The maximum absolute atomic E-state index is 13.2. The summed E-state index contributed by atoms with van der Waals surface area (Å²) in [5.74, 6) is -0.449. The quantitative estimate of drug-likeness (QED) is 0.370. The molecule has 2 aromatic rings. The number of rotatable bonds is 7. The standard InChI is InChI=1S/C25H28N2O6/c1-31-18-8-9-19(20(16-18)32-2)22-21(23(28)17-6-4-3-5-7-17)24(29)25(30)27(22)11-10-26-12-14-33-15-13-26/h3-9,16,22,28H,10-15H2,1-2H3/p+1/b23-21-/t22-/m1/s1. The van der Waals surface area contributed by atoms with Gasteiger partial charge in [0.15, 0.2) is 0 Å². The number of carbonyl (C=O) groups excluding carboxylic acids is 2. The number of quaternary nitrogens is 1. The number of likely N-dealkylation sites (tertiary alicyclic amines) is 1. The number of ether oxygens (including phenoxy) is 3. The minimum atomic E-state index is -0.772. The summed E-state index contributed by atoms with van der Waals surface area (Å²) < 4.78 is 16.3. The Balaban J connectivity index is 1.79. The molecule has 8 heteroatoms. The maximum atomic E-state index is 13.2. The second-order valence-corrected chi connectivity index (χ2v) is 8.08. The molecule has 2 fully saturated rings. The van der Waals surface area contributed by atoms with E-state index in [-0.39, 0.29) is 11.3 Å². The zero-order valence-corrected chi connectivity index (χ0v) is 18.9. The lowest BCUT2D eigenvalue weighted by Crippen LogP contribution is -3.14. The normalized spacial score (nSPS) is 20.8. The Morgan fingerprint density at radius 3 is 2.48 bits per heavy atom. The lowest BCUT2D eigenvalue weighted by molar-refractivity contribution is -0.907. The van der Waals surface area contributed by atoms with Crippen LogP contribution < -0.4 is 14.4 Å². The molecule has 33 heavy (non-hydrogen) atoms. The van der Waals surface area contributed by atoms with Gasteiger partial charge in [-0.05, 0) is 12.1 Å². The fourth-order valence-corrected chi connectivity index (χ4v) is 4.42. The summed E-state index contributed by atoms with van der Waals surface area (Å²) in [6.07, 6.45) is 0. The number of amides is 1. The molecule has 0 aliphatic carbocycles. The van der Waals surface area contributed by atoms with E-state index >= 15 is 0 Å². The van der Waals surface area contributed by atoms with Crippen LogP contribution in [0.25, 0.3) is 5.76 Å². The number of benzene rings is 2. The van der Waals surface area contributed by atoms with Crippen LogP contribution in [0.2, 0.25) is 0 Å². The van der Waals surface area contributed by atoms with Gasteiger partial charge in [-0.2, -0.15) is 0 Å². The van der Waals surface area contributed by atoms with Gasteiger partial charge in [-0.15, -0.1) is 0 Å². The summed E-state index contributed by atoms with van der Waals surface area (Å²) in [5.41, 5.74) is 1.16. The van der Waals surface area contributed by atoms with E-state index < -0.39 is 17.7 Å². The van der Waals surface area contributed by atoms with Gasteiger partial charge in [-0.25, -0.2) is 0 Å². The fourth-order valence-electron chi connectivity index (χ4n) is 4.42. The fraction of sp³-hybridized carbons (Fsp3) is 0.360. The highest BCUT2D eigenvalue weighted by Crippen LogP contribution is 2.43. The van der Waals surface area contributed by atoms with Crippen LogP contribution in [0.4, 0.5) is 0 Å². The van der Waals surface area contributed by atoms with E-state index in [2.05, 4.69) is 0 Å². The summed E-state index contributed by atoms with van der Waals surface area (Å²) in [7, 11) is 3.08. The molecule has 0 saturated carbocycles. The zero-order valence-electron chi connectivity index (χ0n) is 18.9. The number of ketones is 1. The third-order valence-corrected chi connectivity index (χ3v) is 6.23. The van der Waals surface area contributed by atoms with E-state index in [4.69, 9.17) is 14.2 Å². The summed E-state index contributed by atoms with van der Waals surface area (Å²) in [5, 5.41) is 11.1. The molecule has 2 aliphatic rings. The lowest BCUT2D eigenvalue weighted by atomic mass is 9.94. The molecule has 2 aliphatic heterocycles. The Morgan fingerprint density at radius 2 is 1.82 bits per heavy atom. The number of morpholine rings is 1. The molecular weight excluding hydrogens is 424 g/mol. The molecule has 1 atom stereocenters. The summed E-state index contributed by atoms with van der Waals surface area (Å²) in [6, 6.07) is 13.3. The lowest BCUT2D eigenvalue weighted by Gasteiger charge is -2.29. The summed E-state index contributed by atoms with van der Waals surface area (Å²) >= 11 is 0. The van der Waals surface area contributed by atoms with E-state index in [1.54, 1.807) is 54.5 Å². The average molecular weight is 454 g/mol. The first-order chi connectivity index (χ1) is 16.0. The first-order valence-electron chi connectivity index (χ1n) is 11.0. The first-order valence-corrected chi connectivity index (χ1v) is 11.0. The Morgan fingerprint density at radius 1 is 1.09 bits per heavy atom. The predicted molar refractivity (Wildman–Crippen MR) is 121 cm³/mol. The van der Waals surface area contributed by atoms with Crippen LogP contribution in [0.1, 0.15) is 17.2 Å². The van der Waals surface area contributed by atoms with Crippen LogP contribution >= 0.6 is 0 Å². The number of nitrogens with one attached hydrogen (secondary N) is 1. The molecule has 0 bridgehead atoms. The van der Waals surface area contributed by atoms with Crippen molar-refractivity contribution in [2.45, 2.75) is 6.04 Å². The van der Waals surface area contributed by atoms with E-state index in [9.17, 15) is 14.7 Å². The second-order valence-electron chi connectivity index (χ2n) is 8.08. The van der Waals surface area contributed by atoms with Crippen molar-refractivity contribution in [3.63, 3.8) is 0 Å². The number of carbonyl (C=O) groups is 2. The van der Waals surface area contributed by atoms with Crippen molar-refractivity contribution in [1.82, 2.24) is 4.90 Å². The third kappa shape index (κ3) is 4.58. The van der Waals surface area contributed by atoms with Crippen molar-refractivity contribution in [2.75, 3.05) is 53.6 Å². The van der Waals surface area contributed by atoms with Gasteiger partial charge >= 0.3 is 0 Å². The van der Waals surface area contributed by atoms with E-state index in [1.165, 1.54) is 12.0 Å². The number of methoxy groups -OCH3 is 2. The van der Waals surface area contributed by atoms with Gasteiger partial charge in [-0.1, -0.05) is 30.3 Å². The van der Waals surface area contributed by atoms with Crippen LogP contribution in [0.3, 0.4) is 0 Å². The number of hydrogen-bond donors (Lipinski definition) is 2. The number of aliphatic hydroxyl groups is 1. The van der Waals surface area contributed by atoms with E-state index in [0.29, 0.717) is 48.9 Å². The summed E-state index contributed by atoms with van der Waals surface area (Å²) in [6.45, 7) is 4.10. The molecule has 174 valence electrons. The van der Waals surface area contributed by atoms with Crippen molar-refractivity contribution in [3.05, 3.63) is 65.2 Å². The van der Waals surface area contributed by atoms with Gasteiger partial charge in [0, 0.05) is 17.2 Å². The van der Waals surface area contributed by atoms with Crippen molar-refractivity contribution < 1.29 is 33.8 Å². The second kappa shape index (κ2) is 10.1. The van der Waals surface area contributed by atoms with Crippen molar-refractivity contribution in [1.29, 1.82) is 0 Å². The smallest absolute Gasteiger partial charge is 0.295 e. The SMILES string of the molecule is COc1ccc([C@@H]2/C(=C(/O)c3ccccc3)C(=O)C(=O)N2CC[NH+]2CCOCC2)c(OC)c1. The molecule has 1 amide bonds. The minimum absolute atomic E-state index is 0.0617. The topological polar surface area (TPSA) is 89.7 Å². The molecule has 2 N–H and O–H groups in total. The van der Waals surface area contributed by atoms with Gasteiger partial charge < -0.3 is 29.1 Å². The molecule has 0 spiro atoms. The van der Waals surface area contributed by atoms with Crippen LogP contribution in [0.15, 0.2) is 54.1 Å². The van der Waals surface area contributed by atoms with Crippen LogP contribution in [0, 0.1) is 0 Å². The molecule has 4 rings (SSSR count). The number of Topliss-reactive ketones (excluding diaryl/α,β-unsaturated/α-hetero) is 1. The molecule has 2 saturated heterocycles. The van der Waals surface area contributed by atoms with Crippen molar-refractivity contribution >= 4 is 17.4 Å². The van der Waals surface area contributed by atoms with Crippen LogP contribution in [-0.2, 0) is 14.3 Å². The first kappa shape index (κ1) is 22.8. The molecule has 8 nitrogen and oxygen atoms in total. The largest absolute Gasteiger partial charge is 0.507 e. The Kier molecular flexibility index (Phi) is 6.96. The van der Waals surface area contributed by atoms with Gasteiger partial charge in [-0.3, -0.25) is 9.59 Å². The monoisotopic (exact) mass is 453 g/mol.